The third-order valence-electron chi connectivity index (χ3n) is 1.47. The van der Waals surface area contributed by atoms with Crippen LogP contribution in [0.1, 0.15) is 15.9 Å². The van der Waals surface area contributed by atoms with Gasteiger partial charge in [-0.3, -0.25) is 4.79 Å². The maximum absolute atomic E-state index is 12.1. The van der Waals surface area contributed by atoms with E-state index >= 15 is 0 Å². The second-order valence-electron chi connectivity index (χ2n) is 2.39. The van der Waals surface area contributed by atoms with Crippen LogP contribution in [0.25, 0.3) is 0 Å². The third-order valence-corrected chi connectivity index (χ3v) is 1.47. The topological polar surface area (TPSA) is 37.3 Å². The van der Waals surface area contributed by atoms with Crippen molar-refractivity contribution >= 4 is 6.29 Å². The van der Waals surface area contributed by atoms with Crippen molar-refractivity contribution in [1.29, 1.82) is 0 Å². The largest absolute Gasteiger partial charge is 0.508 e. The molecule has 2 nitrogen and oxygen atoms in total. The first-order valence-corrected chi connectivity index (χ1v) is 3.30. The molecule has 0 aromatic heterocycles. The summed E-state index contributed by atoms with van der Waals surface area (Å²) in [5, 5.41) is 8.81. The molecular weight excluding hydrogens is 185 g/mol. The van der Waals surface area contributed by atoms with Crippen LogP contribution < -0.4 is 0 Å². The monoisotopic (exact) mass is 190 g/mol. The zero-order valence-corrected chi connectivity index (χ0v) is 6.30. The van der Waals surface area contributed by atoms with Gasteiger partial charge in [0, 0.05) is 5.56 Å². The molecule has 0 saturated carbocycles. The molecule has 0 spiro atoms. The normalized spacial score (nSPS) is 11.3. The van der Waals surface area contributed by atoms with Crippen LogP contribution in [-0.2, 0) is 6.18 Å². The van der Waals surface area contributed by atoms with Crippen LogP contribution in [0.15, 0.2) is 18.2 Å². The summed E-state index contributed by atoms with van der Waals surface area (Å²) in [6, 6.07) is 2.32. The Bertz CT molecular complexity index is 331. The number of benzene rings is 1. The van der Waals surface area contributed by atoms with E-state index in [2.05, 4.69) is 0 Å². The van der Waals surface area contributed by atoms with Gasteiger partial charge < -0.3 is 5.11 Å². The number of carbonyl (C=O) groups is 1. The maximum Gasteiger partial charge on any atom is 0.417 e. The lowest BCUT2D eigenvalue weighted by atomic mass is 10.1. The van der Waals surface area contributed by atoms with Crippen LogP contribution in [0.5, 0.6) is 5.75 Å². The van der Waals surface area contributed by atoms with Crippen molar-refractivity contribution in [1.82, 2.24) is 0 Å². The fraction of sp³-hybridized carbons (Fsp3) is 0.125. The van der Waals surface area contributed by atoms with Crippen LogP contribution in [0, 0.1) is 0 Å². The molecule has 0 saturated heterocycles. The Labute approximate surface area is 71.6 Å². The second kappa shape index (κ2) is 3.08. The first kappa shape index (κ1) is 9.57. The molecule has 0 heterocycles. The summed E-state index contributed by atoms with van der Waals surface area (Å²) in [5.41, 5.74) is -1.60. The lowest BCUT2D eigenvalue weighted by Crippen LogP contribution is -2.08. The molecule has 0 atom stereocenters. The Morgan fingerprint density at radius 3 is 2.38 bits per heavy atom. The summed E-state index contributed by atoms with van der Waals surface area (Å²) in [6.07, 6.45) is -4.51. The Balaban J connectivity index is 3.29. The molecule has 1 aromatic rings. The number of aldehydes is 1. The van der Waals surface area contributed by atoms with E-state index in [4.69, 9.17) is 5.11 Å². The van der Waals surface area contributed by atoms with Gasteiger partial charge in [0.15, 0.2) is 6.29 Å². The molecule has 0 radical (unpaired) electrons. The number of hydrogen-bond acceptors (Lipinski definition) is 2. The Morgan fingerprint density at radius 1 is 1.31 bits per heavy atom. The predicted molar refractivity (Wildman–Crippen MR) is 38.5 cm³/mol. The first-order chi connectivity index (χ1) is 5.95. The number of phenolic OH excluding ortho intramolecular Hbond substituents is 1. The second-order valence-corrected chi connectivity index (χ2v) is 2.39. The van der Waals surface area contributed by atoms with Gasteiger partial charge in [-0.05, 0) is 18.2 Å². The van der Waals surface area contributed by atoms with Crippen LogP contribution in [0.4, 0.5) is 13.2 Å². The number of hydrogen-bond donors (Lipinski definition) is 1. The molecule has 0 bridgehead atoms. The lowest BCUT2D eigenvalue weighted by molar-refractivity contribution is -0.137. The number of alkyl halides is 3. The average molecular weight is 190 g/mol. The molecule has 0 amide bonds. The van der Waals surface area contributed by atoms with Gasteiger partial charge in [0.05, 0.1) is 5.56 Å². The molecule has 13 heavy (non-hydrogen) atoms. The van der Waals surface area contributed by atoms with Crippen molar-refractivity contribution in [2.45, 2.75) is 6.18 Å². The van der Waals surface area contributed by atoms with Crippen molar-refractivity contribution < 1.29 is 23.1 Å². The molecule has 0 aliphatic heterocycles. The van der Waals surface area contributed by atoms with E-state index in [0.29, 0.717) is 6.07 Å². The van der Waals surface area contributed by atoms with Crippen LogP contribution >= 0.6 is 0 Å². The van der Waals surface area contributed by atoms with E-state index in [1.807, 2.05) is 0 Å². The highest BCUT2D eigenvalue weighted by Crippen LogP contribution is 2.32. The Morgan fingerprint density at radius 2 is 1.92 bits per heavy atom. The third kappa shape index (κ3) is 1.99. The first-order valence-electron chi connectivity index (χ1n) is 3.30. The molecular formula is C8H5F3O2. The average Bonchev–Trinajstić information content (AvgIpc) is 2.01. The smallest absolute Gasteiger partial charge is 0.417 e. The number of halogens is 3. The van der Waals surface area contributed by atoms with Crippen molar-refractivity contribution in [3.8, 4) is 5.75 Å². The van der Waals surface area contributed by atoms with Crippen LogP contribution in [0.3, 0.4) is 0 Å². The van der Waals surface area contributed by atoms with Gasteiger partial charge in [0.2, 0.25) is 0 Å². The van der Waals surface area contributed by atoms with Gasteiger partial charge in [-0.15, -0.1) is 0 Å². The number of phenols is 1. The Kier molecular flexibility index (Phi) is 2.27. The van der Waals surface area contributed by atoms with Crippen LogP contribution in [-0.4, -0.2) is 11.4 Å². The molecule has 0 aliphatic carbocycles. The zero-order valence-electron chi connectivity index (χ0n) is 6.30. The highest BCUT2D eigenvalue weighted by molar-refractivity contribution is 5.78. The lowest BCUT2D eigenvalue weighted by Gasteiger charge is -2.08. The highest BCUT2D eigenvalue weighted by atomic mass is 19.4. The minimum atomic E-state index is -4.57. The SMILES string of the molecule is O=Cc1cc(O)ccc1C(F)(F)F. The van der Waals surface area contributed by atoms with Gasteiger partial charge in [0.25, 0.3) is 0 Å². The van der Waals surface area contributed by atoms with Crippen LogP contribution in [0.2, 0.25) is 0 Å². The summed E-state index contributed by atoms with van der Waals surface area (Å²) in [6.45, 7) is 0. The molecule has 5 heteroatoms. The molecule has 0 unspecified atom stereocenters. The quantitative estimate of drug-likeness (QED) is 0.689. The summed E-state index contributed by atoms with van der Waals surface area (Å²) in [4.78, 5) is 10.2. The minimum Gasteiger partial charge on any atom is -0.508 e. The zero-order chi connectivity index (χ0) is 10.1. The van der Waals surface area contributed by atoms with E-state index in [1.54, 1.807) is 0 Å². The van der Waals surface area contributed by atoms with Gasteiger partial charge in [0.1, 0.15) is 5.75 Å². The Hall–Kier alpha value is -1.52. The standard InChI is InChI=1S/C8H5F3O2/c9-8(10,11)7-2-1-6(13)3-5(7)4-12/h1-4,13H. The summed E-state index contributed by atoms with van der Waals surface area (Å²) in [7, 11) is 0. The molecule has 1 aromatic carbocycles. The molecule has 0 fully saturated rings. The van der Waals surface area contributed by atoms with Crippen molar-refractivity contribution in [3.05, 3.63) is 29.3 Å². The van der Waals surface area contributed by atoms with E-state index < -0.39 is 17.3 Å². The van der Waals surface area contributed by atoms with Crippen molar-refractivity contribution in [3.63, 3.8) is 0 Å². The van der Waals surface area contributed by atoms with E-state index in [1.165, 1.54) is 0 Å². The maximum atomic E-state index is 12.1. The highest BCUT2D eigenvalue weighted by Gasteiger charge is 2.33. The van der Waals surface area contributed by atoms with Crippen molar-refractivity contribution in [2.75, 3.05) is 0 Å². The van der Waals surface area contributed by atoms with Gasteiger partial charge >= 0.3 is 6.18 Å². The summed E-state index contributed by atoms with van der Waals surface area (Å²) >= 11 is 0. The number of aromatic hydroxyl groups is 1. The minimum absolute atomic E-state index is 0.0581. The fourth-order valence-corrected chi connectivity index (χ4v) is 0.906. The summed E-state index contributed by atoms with van der Waals surface area (Å²) in [5.74, 6) is -0.366. The molecule has 70 valence electrons. The molecule has 0 aliphatic rings. The van der Waals surface area contributed by atoms with E-state index in [-0.39, 0.29) is 12.0 Å². The van der Waals surface area contributed by atoms with Crippen molar-refractivity contribution in [2.24, 2.45) is 0 Å². The summed E-state index contributed by atoms with van der Waals surface area (Å²) < 4.78 is 36.4. The van der Waals surface area contributed by atoms with Gasteiger partial charge in [-0.1, -0.05) is 0 Å². The predicted octanol–water partition coefficient (Wildman–Crippen LogP) is 2.22. The van der Waals surface area contributed by atoms with Gasteiger partial charge in [-0.25, -0.2) is 0 Å². The molecule has 1 rings (SSSR count). The molecule has 1 N–H and O–H groups in total. The number of carbonyl (C=O) groups excluding carboxylic acids is 1. The number of rotatable bonds is 1. The fourth-order valence-electron chi connectivity index (χ4n) is 0.906. The van der Waals surface area contributed by atoms with E-state index in [9.17, 15) is 18.0 Å². The van der Waals surface area contributed by atoms with E-state index in [0.717, 1.165) is 12.1 Å². The van der Waals surface area contributed by atoms with Gasteiger partial charge in [-0.2, -0.15) is 13.2 Å².